The van der Waals surface area contributed by atoms with Crippen molar-refractivity contribution in [3.8, 4) is 0 Å². The zero-order valence-electron chi connectivity index (χ0n) is 13.2. The number of H-pyrrole nitrogens is 1. The number of carbonyl (C=O) groups excluding carboxylic acids is 1. The van der Waals surface area contributed by atoms with Crippen molar-refractivity contribution in [2.24, 2.45) is 5.92 Å². The van der Waals surface area contributed by atoms with Crippen molar-refractivity contribution in [1.82, 2.24) is 15.1 Å². The van der Waals surface area contributed by atoms with Gasteiger partial charge < -0.3 is 4.90 Å². The van der Waals surface area contributed by atoms with Crippen LogP contribution in [0.3, 0.4) is 0 Å². The van der Waals surface area contributed by atoms with E-state index in [4.69, 9.17) is 0 Å². The summed E-state index contributed by atoms with van der Waals surface area (Å²) in [5.41, 5.74) is 1.28. The fourth-order valence-corrected chi connectivity index (χ4v) is 3.11. The lowest BCUT2D eigenvalue weighted by Gasteiger charge is -2.21. The highest BCUT2D eigenvalue weighted by Gasteiger charge is 2.25. The third-order valence-electron chi connectivity index (χ3n) is 4.52. The lowest BCUT2D eigenvalue weighted by atomic mass is 9.96. The zero-order chi connectivity index (χ0) is 15.4. The molecule has 2 heterocycles. The van der Waals surface area contributed by atoms with Crippen LogP contribution in [0.5, 0.6) is 0 Å². The summed E-state index contributed by atoms with van der Waals surface area (Å²) in [6.07, 6.45) is 5.68. The predicted octanol–water partition coefficient (Wildman–Crippen LogP) is 2.43. The van der Waals surface area contributed by atoms with E-state index in [9.17, 15) is 9.59 Å². The van der Waals surface area contributed by atoms with Crippen molar-refractivity contribution >= 4 is 5.91 Å². The maximum absolute atomic E-state index is 12.7. The van der Waals surface area contributed by atoms with Crippen LogP contribution in [0.25, 0.3) is 0 Å². The molecule has 0 radical (unpaired) electrons. The molecule has 1 aromatic rings. The number of nitrogens with one attached hydrogen (secondary N) is 1. The number of aromatic amines is 1. The van der Waals surface area contributed by atoms with Crippen LogP contribution in [0.1, 0.15) is 60.6 Å². The minimum atomic E-state index is -0.377. The molecule has 1 saturated heterocycles. The van der Waals surface area contributed by atoms with Crippen LogP contribution in [-0.4, -0.2) is 34.1 Å². The van der Waals surface area contributed by atoms with Crippen LogP contribution in [0.2, 0.25) is 0 Å². The van der Waals surface area contributed by atoms with Crippen LogP contribution in [0.4, 0.5) is 0 Å². The van der Waals surface area contributed by atoms with Crippen LogP contribution in [-0.2, 0) is 0 Å². The van der Waals surface area contributed by atoms with Crippen molar-refractivity contribution in [2.45, 2.75) is 52.9 Å². The van der Waals surface area contributed by atoms with Gasteiger partial charge in [-0.2, -0.15) is 5.10 Å². The van der Waals surface area contributed by atoms with E-state index in [1.807, 2.05) is 11.8 Å². The van der Waals surface area contributed by atoms with Gasteiger partial charge in [0.15, 0.2) is 0 Å². The number of amides is 1. The van der Waals surface area contributed by atoms with E-state index in [1.54, 1.807) is 6.92 Å². The molecular formula is C16H25N3O2. The van der Waals surface area contributed by atoms with Gasteiger partial charge in [-0.05, 0) is 44.6 Å². The molecule has 1 fully saturated rings. The summed E-state index contributed by atoms with van der Waals surface area (Å²) in [5, 5.41) is 6.33. The standard InChI is InChI=1S/C16H25N3O2/c1-4-6-13-7-5-9-19(10-8-13)16(21)14-11(2)12(3)17-18-15(14)20/h13H,4-10H2,1-3H3,(H,18,20)/t13-/m0/s1. The lowest BCUT2D eigenvalue weighted by Crippen LogP contribution is -2.37. The molecule has 0 bridgehead atoms. The molecule has 1 aliphatic heterocycles. The van der Waals surface area contributed by atoms with Crippen molar-refractivity contribution < 1.29 is 4.79 Å². The van der Waals surface area contributed by atoms with Gasteiger partial charge in [-0.15, -0.1) is 0 Å². The number of hydrogen-bond acceptors (Lipinski definition) is 3. The molecule has 5 nitrogen and oxygen atoms in total. The van der Waals surface area contributed by atoms with E-state index in [0.29, 0.717) is 17.2 Å². The maximum atomic E-state index is 12.7. The molecule has 1 amide bonds. The van der Waals surface area contributed by atoms with E-state index < -0.39 is 0 Å². The van der Waals surface area contributed by atoms with Gasteiger partial charge in [-0.25, -0.2) is 5.10 Å². The molecule has 0 unspecified atom stereocenters. The molecule has 1 aliphatic rings. The molecular weight excluding hydrogens is 266 g/mol. The van der Waals surface area contributed by atoms with Crippen molar-refractivity contribution in [3.63, 3.8) is 0 Å². The summed E-state index contributed by atoms with van der Waals surface area (Å²) in [5.74, 6) is 0.572. The summed E-state index contributed by atoms with van der Waals surface area (Å²) < 4.78 is 0. The number of nitrogens with zero attached hydrogens (tertiary/aromatic N) is 2. The van der Waals surface area contributed by atoms with Gasteiger partial charge in [0.1, 0.15) is 5.56 Å². The highest BCUT2D eigenvalue weighted by atomic mass is 16.2. The van der Waals surface area contributed by atoms with Crippen LogP contribution in [0.15, 0.2) is 4.79 Å². The SMILES string of the molecule is CCC[C@H]1CCCN(C(=O)c2c(C)c(C)n[nH]c2=O)CC1. The second-order valence-corrected chi connectivity index (χ2v) is 6.02. The van der Waals surface area contributed by atoms with Crippen LogP contribution < -0.4 is 5.56 Å². The van der Waals surface area contributed by atoms with Gasteiger partial charge in [0, 0.05) is 13.1 Å². The van der Waals surface area contributed by atoms with E-state index in [1.165, 1.54) is 19.3 Å². The first-order valence-electron chi connectivity index (χ1n) is 7.89. The van der Waals surface area contributed by atoms with Gasteiger partial charge in [-0.3, -0.25) is 9.59 Å². The minimum absolute atomic E-state index is 0.142. The Hall–Kier alpha value is -1.65. The molecule has 0 saturated carbocycles. The smallest absolute Gasteiger partial charge is 0.277 e. The first-order valence-corrected chi connectivity index (χ1v) is 7.89. The zero-order valence-corrected chi connectivity index (χ0v) is 13.2. The Bertz CT molecular complexity index is 565. The number of likely N-dealkylation sites (tertiary alicyclic amines) is 1. The topological polar surface area (TPSA) is 66.1 Å². The summed E-state index contributed by atoms with van der Waals surface area (Å²) >= 11 is 0. The number of aromatic nitrogens is 2. The maximum Gasteiger partial charge on any atom is 0.277 e. The van der Waals surface area contributed by atoms with Crippen molar-refractivity contribution in [2.75, 3.05) is 13.1 Å². The second-order valence-electron chi connectivity index (χ2n) is 6.02. The monoisotopic (exact) mass is 291 g/mol. The third-order valence-corrected chi connectivity index (χ3v) is 4.52. The molecule has 0 spiro atoms. The Morgan fingerprint density at radius 1 is 1.33 bits per heavy atom. The number of hydrogen-bond donors (Lipinski definition) is 1. The first-order chi connectivity index (χ1) is 10.0. The molecule has 0 aromatic carbocycles. The fourth-order valence-electron chi connectivity index (χ4n) is 3.11. The minimum Gasteiger partial charge on any atom is -0.338 e. The van der Waals surface area contributed by atoms with Gasteiger partial charge >= 0.3 is 0 Å². The second kappa shape index (κ2) is 6.87. The molecule has 21 heavy (non-hydrogen) atoms. The average Bonchev–Trinajstić information content (AvgIpc) is 2.69. The van der Waals surface area contributed by atoms with Gasteiger partial charge in [-0.1, -0.05) is 19.8 Å². The summed E-state index contributed by atoms with van der Waals surface area (Å²) in [4.78, 5) is 26.5. The average molecular weight is 291 g/mol. The third kappa shape index (κ3) is 3.52. The summed E-state index contributed by atoms with van der Waals surface area (Å²) in [6, 6.07) is 0. The van der Waals surface area contributed by atoms with E-state index in [2.05, 4.69) is 17.1 Å². The molecule has 116 valence electrons. The first kappa shape index (κ1) is 15.7. The lowest BCUT2D eigenvalue weighted by molar-refractivity contribution is 0.0757. The quantitative estimate of drug-likeness (QED) is 0.930. The largest absolute Gasteiger partial charge is 0.338 e. The predicted molar refractivity (Wildman–Crippen MR) is 82.5 cm³/mol. The van der Waals surface area contributed by atoms with Gasteiger partial charge in [0.05, 0.1) is 5.69 Å². The molecule has 1 N–H and O–H groups in total. The van der Waals surface area contributed by atoms with Crippen molar-refractivity contribution in [3.05, 3.63) is 27.2 Å². The fraction of sp³-hybridized carbons (Fsp3) is 0.688. The van der Waals surface area contributed by atoms with Crippen LogP contribution >= 0.6 is 0 Å². The van der Waals surface area contributed by atoms with Crippen molar-refractivity contribution in [1.29, 1.82) is 0 Å². The summed E-state index contributed by atoms with van der Waals surface area (Å²) in [7, 11) is 0. The molecule has 1 aromatic heterocycles. The number of carbonyl (C=O) groups is 1. The van der Waals surface area contributed by atoms with Gasteiger partial charge in [0.2, 0.25) is 0 Å². The highest BCUT2D eigenvalue weighted by molar-refractivity contribution is 5.95. The molecule has 5 heteroatoms. The molecule has 1 atom stereocenters. The number of rotatable bonds is 3. The van der Waals surface area contributed by atoms with E-state index in [0.717, 1.165) is 25.9 Å². The molecule has 2 rings (SSSR count). The number of aryl methyl sites for hydroxylation is 1. The Morgan fingerprint density at radius 3 is 2.81 bits per heavy atom. The normalized spacial score (nSPS) is 19.4. The Kier molecular flexibility index (Phi) is 5.15. The Labute approximate surface area is 125 Å². The molecule has 0 aliphatic carbocycles. The Morgan fingerprint density at radius 2 is 2.10 bits per heavy atom. The van der Waals surface area contributed by atoms with E-state index in [-0.39, 0.29) is 17.0 Å². The Balaban J connectivity index is 2.17. The van der Waals surface area contributed by atoms with Gasteiger partial charge in [0.25, 0.3) is 11.5 Å². The van der Waals surface area contributed by atoms with E-state index >= 15 is 0 Å². The summed E-state index contributed by atoms with van der Waals surface area (Å²) in [6.45, 7) is 7.31. The van der Waals surface area contributed by atoms with Crippen LogP contribution in [0, 0.1) is 19.8 Å². The highest BCUT2D eigenvalue weighted by Crippen LogP contribution is 2.23.